The molecule has 2 saturated heterocycles. The number of anilines is 1. The van der Waals surface area contributed by atoms with E-state index in [-0.39, 0.29) is 30.3 Å². The summed E-state index contributed by atoms with van der Waals surface area (Å²) in [6, 6.07) is 13.7. The lowest BCUT2D eigenvalue weighted by molar-refractivity contribution is -0.132. The van der Waals surface area contributed by atoms with E-state index < -0.39 is 6.04 Å². The number of methoxy groups -OCH3 is 2. The SMILES string of the molecule is COc1ccc(N2CC(C(=O)N3CCC(C(=O)NCc4cccc(OC)c4)C3)NC2=O)cc1. The van der Waals surface area contributed by atoms with Gasteiger partial charge in [0.1, 0.15) is 17.5 Å². The Morgan fingerprint density at radius 2 is 1.82 bits per heavy atom. The van der Waals surface area contributed by atoms with Gasteiger partial charge in [-0.2, -0.15) is 0 Å². The zero-order valence-electron chi connectivity index (χ0n) is 18.7. The van der Waals surface area contributed by atoms with Crippen molar-refractivity contribution in [2.45, 2.75) is 19.0 Å². The molecule has 0 aliphatic carbocycles. The number of hydrogen-bond donors (Lipinski definition) is 2. The molecule has 2 aliphatic rings. The van der Waals surface area contributed by atoms with E-state index in [2.05, 4.69) is 10.6 Å². The summed E-state index contributed by atoms with van der Waals surface area (Å²) < 4.78 is 10.4. The van der Waals surface area contributed by atoms with Crippen molar-refractivity contribution in [3.63, 3.8) is 0 Å². The van der Waals surface area contributed by atoms with Crippen LogP contribution in [-0.4, -0.2) is 62.6 Å². The molecule has 9 heteroatoms. The number of hydrogen-bond acceptors (Lipinski definition) is 5. The zero-order valence-corrected chi connectivity index (χ0v) is 18.7. The summed E-state index contributed by atoms with van der Waals surface area (Å²) in [5.41, 5.74) is 1.64. The van der Waals surface area contributed by atoms with Gasteiger partial charge in [0.05, 0.1) is 26.7 Å². The number of benzene rings is 2. The molecule has 0 spiro atoms. The van der Waals surface area contributed by atoms with Crippen molar-refractivity contribution in [2.24, 2.45) is 5.92 Å². The summed E-state index contributed by atoms with van der Waals surface area (Å²) >= 11 is 0. The molecule has 2 aliphatic heterocycles. The number of nitrogens with zero attached hydrogens (tertiary/aromatic N) is 2. The first-order valence-electron chi connectivity index (χ1n) is 10.9. The van der Waals surface area contributed by atoms with Crippen molar-refractivity contribution in [3.8, 4) is 11.5 Å². The lowest BCUT2D eigenvalue weighted by Crippen LogP contribution is -2.45. The summed E-state index contributed by atoms with van der Waals surface area (Å²) in [6.07, 6.45) is 0.596. The molecule has 4 amide bonds. The molecule has 2 unspecified atom stereocenters. The van der Waals surface area contributed by atoms with Crippen molar-refractivity contribution < 1.29 is 23.9 Å². The van der Waals surface area contributed by atoms with Crippen molar-refractivity contribution in [3.05, 3.63) is 54.1 Å². The molecule has 2 aromatic rings. The first-order chi connectivity index (χ1) is 16.0. The molecular formula is C24H28N4O5. The standard InChI is InChI=1S/C24H28N4O5/c1-32-19-8-6-18(7-9-19)28-15-21(26-24(28)31)23(30)27-11-10-17(14-27)22(29)25-13-16-4-3-5-20(12-16)33-2/h3-9,12,17,21H,10-11,13-15H2,1-2H3,(H,25,29)(H,26,31). The van der Waals surface area contributed by atoms with Crippen LogP contribution in [0.25, 0.3) is 0 Å². The highest BCUT2D eigenvalue weighted by Gasteiger charge is 2.39. The van der Waals surface area contributed by atoms with Gasteiger partial charge >= 0.3 is 6.03 Å². The summed E-state index contributed by atoms with van der Waals surface area (Å²) in [4.78, 5) is 41.3. The molecule has 0 bridgehead atoms. The lowest BCUT2D eigenvalue weighted by atomic mass is 10.1. The molecule has 2 atom stereocenters. The van der Waals surface area contributed by atoms with Gasteiger partial charge in [-0.05, 0) is 48.4 Å². The highest BCUT2D eigenvalue weighted by Crippen LogP contribution is 2.24. The first-order valence-corrected chi connectivity index (χ1v) is 10.9. The third-order valence-electron chi connectivity index (χ3n) is 6.06. The van der Waals surface area contributed by atoms with Crippen LogP contribution >= 0.6 is 0 Å². The van der Waals surface area contributed by atoms with Gasteiger partial charge < -0.3 is 25.0 Å². The maximum Gasteiger partial charge on any atom is 0.322 e. The van der Waals surface area contributed by atoms with Crippen LogP contribution in [0.5, 0.6) is 11.5 Å². The van der Waals surface area contributed by atoms with Gasteiger partial charge in [-0.3, -0.25) is 14.5 Å². The largest absolute Gasteiger partial charge is 0.497 e. The van der Waals surface area contributed by atoms with E-state index in [0.29, 0.717) is 37.5 Å². The van der Waals surface area contributed by atoms with Crippen LogP contribution in [-0.2, 0) is 16.1 Å². The van der Waals surface area contributed by atoms with Crippen molar-refractivity contribution in [1.29, 1.82) is 0 Å². The topological polar surface area (TPSA) is 100 Å². The quantitative estimate of drug-likeness (QED) is 0.667. The van der Waals surface area contributed by atoms with Crippen molar-refractivity contribution >= 4 is 23.5 Å². The van der Waals surface area contributed by atoms with Gasteiger partial charge in [0, 0.05) is 25.3 Å². The Morgan fingerprint density at radius 1 is 1.06 bits per heavy atom. The predicted molar refractivity (Wildman–Crippen MR) is 122 cm³/mol. The number of amides is 4. The van der Waals surface area contributed by atoms with Crippen LogP contribution in [0.1, 0.15) is 12.0 Å². The average molecular weight is 453 g/mol. The van der Waals surface area contributed by atoms with Crippen LogP contribution in [0.2, 0.25) is 0 Å². The molecule has 174 valence electrons. The lowest BCUT2D eigenvalue weighted by Gasteiger charge is -2.20. The van der Waals surface area contributed by atoms with E-state index in [4.69, 9.17) is 9.47 Å². The molecular weight excluding hydrogens is 424 g/mol. The molecule has 2 heterocycles. The number of rotatable bonds is 7. The molecule has 9 nitrogen and oxygen atoms in total. The number of nitrogens with one attached hydrogen (secondary N) is 2. The van der Waals surface area contributed by atoms with E-state index >= 15 is 0 Å². The van der Waals surface area contributed by atoms with E-state index in [1.807, 2.05) is 24.3 Å². The number of carbonyl (C=O) groups is 3. The second-order valence-corrected chi connectivity index (χ2v) is 8.15. The molecule has 33 heavy (non-hydrogen) atoms. The van der Waals surface area contributed by atoms with Crippen LogP contribution < -0.4 is 25.0 Å². The molecule has 2 aromatic carbocycles. The van der Waals surface area contributed by atoms with Crippen LogP contribution in [0.4, 0.5) is 10.5 Å². The Bertz CT molecular complexity index is 1030. The number of carbonyl (C=O) groups excluding carboxylic acids is 3. The monoisotopic (exact) mass is 452 g/mol. The Morgan fingerprint density at radius 3 is 2.55 bits per heavy atom. The molecule has 0 aromatic heterocycles. The number of likely N-dealkylation sites (tertiary alicyclic amines) is 1. The minimum atomic E-state index is -0.641. The number of ether oxygens (including phenoxy) is 2. The second kappa shape index (κ2) is 9.81. The Balaban J connectivity index is 1.29. The van der Waals surface area contributed by atoms with Gasteiger partial charge in [-0.25, -0.2) is 4.79 Å². The van der Waals surface area contributed by atoms with Gasteiger partial charge in [-0.1, -0.05) is 12.1 Å². The smallest absolute Gasteiger partial charge is 0.322 e. The fraction of sp³-hybridized carbons (Fsp3) is 0.375. The van der Waals surface area contributed by atoms with E-state index in [9.17, 15) is 14.4 Å². The third kappa shape index (κ3) is 5.02. The maximum absolute atomic E-state index is 13.0. The van der Waals surface area contributed by atoms with E-state index in [1.165, 1.54) is 4.90 Å². The molecule has 2 fully saturated rings. The fourth-order valence-electron chi connectivity index (χ4n) is 4.17. The Kier molecular flexibility index (Phi) is 6.67. The molecule has 2 N–H and O–H groups in total. The third-order valence-corrected chi connectivity index (χ3v) is 6.06. The average Bonchev–Trinajstić information content (AvgIpc) is 3.50. The Labute approximate surface area is 192 Å². The fourth-order valence-corrected chi connectivity index (χ4v) is 4.17. The normalized spacial score (nSPS) is 19.9. The second-order valence-electron chi connectivity index (χ2n) is 8.15. The minimum absolute atomic E-state index is 0.0802. The maximum atomic E-state index is 13.0. The summed E-state index contributed by atoms with van der Waals surface area (Å²) in [7, 11) is 3.18. The summed E-state index contributed by atoms with van der Waals surface area (Å²) in [5.74, 6) is 0.917. The van der Waals surface area contributed by atoms with E-state index in [1.54, 1.807) is 43.4 Å². The van der Waals surface area contributed by atoms with Crippen molar-refractivity contribution in [1.82, 2.24) is 15.5 Å². The zero-order chi connectivity index (χ0) is 23.4. The van der Waals surface area contributed by atoms with Gasteiger partial charge in [0.2, 0.25) is 11.8 Å². The van der Waals surface area contributed by atoms with Gasteiger partial charge in [-0.15, -0.1) is 0 Å². The first kappa shape index (κ1) is 22.4. The number of urea groups is 1. The van der Waals surface area contributed by atoms with Gasteiger partial charge in [0.25, 0.3) is 0 Å². The molecule has 0 saturated carbocycles. The van der Waals surface area contributed by atoms with Crippen LogP contribution in [0.15, 0.2) is 48.5 Å². The summed E-state index contributed by atoms with van der Waals surface area (Å²) in [5, 5.41) is 5.71. The Hall–Kier alpha value is -3.75. The molecule has 0 radical (unpaired) electrons. The summed E-state index contributed by atoms with van der Waals surface area (Å²) in [6.45, 7) is 1.48. The van der Waals surface area contributed by atoms with Gasteiger partial charge in [0.15, 0.2) is 0 Å². The molecule has 4 rings (SSSR count). The van der Waals surface area contributed by atoms with E-state index in [0.717, 1.165) is 11.3 Å². The van der Waals surface area contributed by atoms with Crippen LogP contribution in [0.3, 0.4) is 0 Å². The predicted octanol–water partition coefficient (Wildman–Crippen LogP) is 1.77. The van der Waals surface area contributed by atoms with Crippen LogP contribution in [0, 0.1) is 5.92 Å². The van der Waals surface area contributed by atoms with Crippen molar-refractivity contribution in [2.75, 3.05) is 38.8 Å². The highest BCUT2D eigenvalue weighted by atomic mass is 16.5. The highest BCUT2D eigenvalue weighted by molar-refractivity contribution is 6.00. The minimum Gasteiger partial charge on any atom is -0.497 e.